The van der Waals surface area contributed by atoms with Crippen LogP contribution in [0.4, 0.5) is 0 Å². The molecule has 1 rings (SSSR count). The molecule has 1 heteroatoms. The summed E-state index contributed by atoms with van der Waals surface area (Å²) in [4.78, 5) is 11.1. The Labute approximate surface area is 56.4 Å². The minimum Gasteiger partial charge on any atom is -0.299 e. The van der Waals surface area contributed by atoms with Crippen LogP contribution in [0.5, 0.6) is 0 Å². The Morgan fingerprint density at radius 2 is 1.67 bits per heavy atom. The van der Waals surface area contributed by atoms with E-state index in [0.29, 0.717) is 17.6 Å². The maximum Gasteiger partial charge on any atom is 0.138 e. The molecular formula is C8H14O. The van der Waals surface area contributed by atoms with Gasteiger partial charge in [-0.1, -0.05) is 20.3 Å². The summed E-state index contributed by atoms with van der Waals surface area (Å²) in [6.45, 7) is 4.08. The largest absolute Gasteiger partial charge is 0.299 e. The van der Waals surface area contributed by atoms with Crippen LogP contribution in [0.1, 0.15) is 33.1 Å². The van der Waals surface area contributed by atoms with Gasteiger partial charge in [-0.15, -0.1) is 0 Å². The van der Waals surface area contributed by atoms with E-state index in [4.69, 9.17) is 0 Å². The topological polar surface area (TPSA) is 17.1 Å². The molecule has 0 bridgehead atoms. The van der Waals surface area contributed by atoms with E-state index >= 15 is 0 Å². The smallest absolute Gasteiger partial charge is 0.138 e. The quantitative estimate of drug-likeness (QED) is 0.485. The molecule has 52 valence electrons. The summed E-state index contributed by atoms with van der Waals surface area (Å²) in [7, 11) is 0. The van der Waals surface area contributed by atoms with Gasteiger partial charge in [0, 0.05) is 11.8 Å². The maximum absolute atomic E-state index is 11.1. The Balaban J connectivity index is 2.52. The van der Waals surface area contributed by atoms with E-state index in [-0.39, 0.29) is 0 Å². The lowest BCUT2D eigenvalue weighted by molar-refractivity contribution is -0.127. The summed E-state index contributed by atoms with van der Waals surface area (Å²) < 4.78 is 0. The summed E-state index contributed by atoms with van der Waals surface area (Å²) in [6, 6.07) is 0. The van der Waals surface area contributed by atoms with Crippen LogP contribution in [0.15, 0.2) is 0 Å². The first-order valence-corrected chi connectivity index (χ1v) is 3.75. The van der Waals surface area contributed by atoms with Crippen molar-refractivity contribution in [2.45, 2.75) is 33.1 Å². The van der Waals surface area contributed by atoms with Crippen molar-refractivity contribution >= 4 is 5.78 Å². The van der Waals surface area contributed by atoms with E-state index < -0.39 is 0 Å². The van der Waals surface area contributed by atoms with Crippen LogP contribution < -0.4 is 0 Å². The first-order valence-electron chi connectivity index (χ1n) is 3.75. The average molecular weight is 126 g/mol. The van der Waals surface area contributed by atoms with Crippen molar-refractivity contribution in [2.24, 2.45) is 11.8 Å². The second-order valence-electron chi connectivity index (χ2n) is 3.14. The van der Waals surface area contributed by atoms with Crippen molar-refractivity contribution in [1.82, 2.24) is 0 Å². The monoisotopic (exact) mass is 126 g/mol. The van der Waals surface area contributed by atoms with E-state index in [1.165, 1.54) is 6.42 Å². The predicted octanol–water partition coefficient (Wildman–Crippen LogP) is 2.01. The number of Topliss-reactive ketones (excluding diaryl/α,β-unsaturated/α-hetero) is 1. The third-order valence-electron chi connectivity index (χ3n) is 2.25. The van der Waals surface area contributed by atoms with Gasteiger partial charge in [0.1, 0.15) is 5.78 Å². The Hall–Kier alpha value is -0.330. The molecule has 2 atom stereocenters. The highest BCUT2D eigenvalue weighted by molar-refractivity contribution is 5.83. The molecule has 0 N–H and O–H groups in total. The van der Waals surface area contributed by atoms with Crippen LogP contribution >= 0.6 is 0 Å². The highest BCUT2D eigenvalue weighted by atomic mass is 16.1. The molecule has 0 spiro atoms. The lowest BCUT2D eigenvalue weighted by atomic mass is 9.82. The SMILES string of the molecule is C[C@@H]1CCC[C@@H](C)C1=O. The summed E-state index contributed by atoms with van der Waals surface area (Å²) in [5.74, 6) is 1.16. The number of rotatable bonds is 0. The lowest BCUT2D eigenvalue weighted by Gasteiger charge is -2.21. The third kappa shape index (κ3) is 1.32. The molecule has 0 amide bonds. The number of ketones is 1. The van der Waals surface area contributed by atoms with Crippen molar-refractivity contribution in [1.29, 1.82) is 0 Å². The summed E-state index contributed by atoms with van der Waals surface area (Å²) in [5.41, 5.74) is 0. The number of hydrogen-bond acceptors (Lipinski definition) is 1. The normalized spacial score (nSPS) is 36.9. The molecule has 0 heterocycles. The molecule has 0 aromatic heterocycles. The van der Waals surface area contributed by atoms with Crippen LogP contribution in [0, 0.1) is 11.8 Å². The Kier molecular flexibility index (Phi) is 1.89. The minimum absolute atomic E-state index is 0.341. The van der Waals surface area contributed by atoms with Gasteiger partial charge in [-0.3, -0.25) is 4.79 Å². The fourth-order valence-electron chi connectivity index (χ4n) is 1.50. The standard InChI is InChI=1S/C8H14O/c1-6-4-3-5-7(2)8(6)9/h6-7H,3-5H2,1-2H3/t6-,7-/m1/s1. The predicted molar refractivity (Wildman–Crippen MR) is 37.2 cm³/mol. The average Bonchev–Trinajstić information content (AvgIpc) is 1.83. The third-order valence-corrected chi connectivity index (χ3v) is 2.25. The van der Waals surface area contributed by atoms with Gasteiger partial charge in [-0.25, -0.2) is 0 Å². The van der Waals surface area contributed by atoms with Crippen LogP contribution in [-0.2, 0) is 4.79 Å². The second-order valence-corrected chi connectivity index (χ2v) is 3.14. The van der Waals surface area contributed by atoms with Gasteiger partial charge in [0.2, 0.25) is 0 Å². The summed E-state index contributed by atoms with van der Waals surface area (Å²) in [5, 5.41) is 0. The van der Waals surface area contributed by atoms with E-state index in [1.54, 1.807) is 0 Å². The molecule has 0 aromatic rings. The molecule has 1 nitrogen and oxygen atoms in total. The van der Waals surface area contributed by atoms with Gasteiger partial charge in [0.25, 0.3) is 0 Å². The maximum atomic E-state index is 11.1. The van der Waals surface area contributed by atoms with E-state index in [1.807, 2.05) is 13.8 Å². The van der Waals surface area contributed by atoms with Crippen LogP contribution in [0.25, 0.3) is 0 Å². The van der Waals surface area contributed by atoms with Gasteiger partial charge < -0.3 is 0 Å². The molecule has 1 saturated carbocycles. The van der Waals surface area contributed by atoms with Gasteiger partial charge in [0.05, 0.1) is 0 Å². The number of carbonyl (C=O) groups is 1. The van der Waals surface area contributed by atoms with Crippen molar-refractivity contribution in [3.8, 4) is 0 Å². The molecule has 1 fully saturated rings. The van der Waals surface area contributed by atoms with Crippen LogP contribution in [0.2, 0.25) is 0 Å². The molecule has 0 saturated heterocycles. The molecule has 9 heavy (non-hydrogen) atoms. The molecule has 0 aliphatic heterocycles. The zero-order valence-electron chi connectivity index (χ0n) is 6.18. The number of carbonyl (C=O) groups excluding carboxylic acids is 1. The van der Waals surface area contributed by atoms with Gasteiger partial charge >= 0.3 is 0 Å². The summed E-state index contributed by atoms with van der Waals surface area (Å²) in [6.07, 6.45) is 3.47. The summed E-state index contributed by atoms with van der Waals surface area (Å²) >= 11 is 0. The molecule has 0 unspecified atom stereocenters. The zero-order valence-corrected chi connectivity index (χ0v) is 6.18. The zero-order chi connectivity index (χ0) is 6.85. The first kappa shape index (κ1) is 6.79. The first-order chi connectivity index (χ1) is 4.22. The molecule has 0 aromatic carbocycles. The van der Waals surface area contributed by atoms with E-state index in [0.717, 1.165) is 12.8 Å². The van der Waals surface area contributed by atoms with Gasteiger partial charge in [-0.2, -0.15) is 0 Å². The Morgan fingerprint density at radius 1 is 1.22 bits per heavy atom. The Morgan fingerprint density at radius 3 is 2.00 bits per heavy atom. The van der Waals surface area contributed by atoms with E-state index in [9.17, 15) is 4.79 Å². The second kappa shape index (κ2) is 2.51. The fourth-order valence-corrected chi connectivity index (χ4v) is 1.50. The molecule has 0 radical (unpaired) electrons. The van der Waals surface area contributed by atoms with Crippen molar-refractivity contribution in [3.05, 3.63) is 0 Å². The lowest BCUT2D eigenvalue weighted by Crippen LogP contribution is -2.23. The molecular weight excluding hydrogens is 112 g/mol. The highest BCUT2D eigenvalue weighted by Gasteiger charge is 2.23. The number of hydrogen-bond donors (Lipinski definition) is 0. The molecule has 1 aliphatic carbocycles. The Bertz CT molecular complexity index is 106. The molecule has 1 aliphatic rings. The van der Waals surface area contributed by atoms with Crippen molar-refractivity contribution in [2.75, 3.05) is 0 Å². The minimum atomic E-state index is 0.341. The van der Waals surface area contributed by atoms with Gasteiger partial charge in [0.15, 0.2) is 0 Å². The van der Waals surface area contributed by atoms with Crippen molar-refractivity contribution in [3.63, 3.8) is 0 Å². The van der Waals surface area contributed by atoms with Crippen LogP contribution in [-0.4, -0.2) is 5.78 Å². The van der Waals surface area contributed by atoms with Crippen LogP contribution in [0.3, 0.4) is 0 Å². The fraction of sp³-hybridized carbons (Fsp3) is 0.875. The van der Waals surface area contributed by atoms with Gasteiger partial charge in [-0.05, 0) is 12.8 Å². The van der Waals surface area contributed by atoms with E-state index in [2.05, 4.69) is 0 Å². The highest BCUT2D eigenvalue weighted by Crippen LogP contribution is 2.24. The van der Waals surface area contributed by atoms with Crippen molar-refractivity contribution < 1.29 is 4.79 Å².